The standard InChI is InChI=1S/C12H19N3/c1-10-8-11(2)15(14-10)7-5-6-12(3,4)9-13/h8H,5-7H2,1-4H3. The number of aryl methyl sites for hydroxylation is 3. The Hall–Kier alpha value is -1.30. The van der Waals surface area contributed by atoms with Crippen molar-refractivity contribution in [3.05, 3.63) is 17.5 Å². The Morgan fingerprint density at radius 3 is 2.60 bits per heavy atom. The molecule has 3 nitrogen and oxygen atoms in total. The van der Waals surface area contributed by atoms with Crippen molar-refractivity contribution in [1.82, 2.24) is 9.78 Å². The van der Waals surface area contributed by atoms with Crippen LogP contribution in [0.15, 0.2) is 6.07 Å². The average Bonchev–Trinajstić information content (AvgIpc) is 2.45. The van der Waals surface area contributed by atoms with Gasteiger partial charge in [-0.05, 0) is 46.6 Å². The summed E-state index contributed by atoms with van der Waals surface area (Å²) in [5.74, 6) is 0. The second-order valence-corrected chi connectivity index (χ2v) is 4.75. The minimum Gasteiger partial charge on any atom is -0.270 e. The van der Waals surface area contributed by atoms with Gasteiger partial charge in [-0.3, -0.25) is 4.68 Å². The van der Waals surface area contributed by atoms with E-state index in [0.29, 0.717) is 0 Å². The Balaban J connectivity index is 2.46. The highest BCUT2D eigenvalue weighted by Crippen LogP contribution is 2.21. The summed E-state index contributed by atoms with van der Waals surface area (Å²) in [5.41, 5.74) is 2.05. The second-order valence-electron chi connectivity index (χ2n) is 4.75. The molecule has 0 aliphatic carbocycles. The predicted octanol–water partition coefficient (Wildman–Crippen LogP) is 2.83. The third-order valence-corrected chi connectivity index (χ3v) is 2.58. The fraction of sp³-hybridized carbons (Fsp3) is 0.667. The van der Waals surface area contributed by atoms with Crippen LogP contribution in [0.1, 0.15) is 38.1 Å². The maximum Gasteiger partial charge on any atom is 0.0683 e. The fourth-order valence-electron chi connectivity index (χ4n) is 1.63. The van der Waals surface area contributed by atoms with Crippen molar-refractivity contribution in [2.75, 3.05) is 0 Å². The molecule has 0 fully saturated rings. The maximum atomic E-state index is 8.88. The Bertz CT molecular complexity index is 369. The largest absolute Gasteiger partial charge is 0.270 e. The molecule has 1 aromatic heterocycles. The Labute approximate surface area is 91.7 Å². The van der Waals surface area contributed by atoms with Crippen molar-refractivity contribution >= 4 is 0 Å². The first-order valence-electron chi connectivity index (χ1n) is 5.37. The molecule has 82 valence electrons. The van der Waals surface area contributed by atoms with E-state index in [1.807, 2.05) is 25.5 Å². The van der Waals surface area contributed by atoms with E-state index in [9.17, 15) is 0 Å². The van der Waals surface area contributed by atoms with Gasteiger partial charge in [0, 0.05) is 12.2 Å². The molecule has 3 heteroatoms. The number of aromatic nitrogens is 2. The van der Waals surface area contributed by atoms with Crippen LogP contribution in [0.2, 0.25) is 0 Å². The van der Waals surface area contributed by atoms with Crippen LogP contribution < -0.4 is 0 Å². The number of nitrogens with zero attached hydrogens (tertiary/aromatic N) is 3. The van der Waals surface area contributed by atoms with Crippen LogP contribution in [0.4, 0.5) is 0 Å². The molecule has 0 radical (unpaired) electrons. The van der Waals surface area contributed by atoms with Crippen LogP contribution in [-0.4, -0.2) is 9.78 Å². The van der Waals surface area contributed by atoms with Crippen molar-refractivity contribution in [2.45, 2.75) is 47.1 Å². The maximum absolute atomic E-state index is 8.88. The van der Waals surface area contributed by atoms with Crippen molar-refractivity contribution in [3.8, 4) is 6.07 Å². The summed E-state index contributed by atoms with van der Waals surface area (Å²) >= 11 is 0. The van der Waals surface area contributed by atoms with Gasteiger partial charge in [0.05, 0.1) is 17.2 Å². The Kier molecular flexibility index (Phi) is 3.52. The highest BCUT2D eigenvalue weighted by atomic mass is 15.3. The average molecular weight is 205 g/mol. The van der Waals surface area contributed by atoms with Gasteiger partial charge < -0.3 is 0 Å². The third-order valence-electron chi connectivity index (χ3n) is 2.58. The minimum atomic E-state index is -0.212. The van der Waals surface area contributed by atoms with Gasteiger partial charge in [-0.2, -0.15) is 10.4 Å². The van der Waals surface area contributed by atoms with E-state index in [4.69, 9.17) is 5.26 Å². The number of hydrogen-bond donors (Lipinski definition) is 0. The zero-order valence-electron chi connectivity index (χ0n) is 10.0. The molecule has 1 heterocycles. The molecule has 0 bridgehead atoms. The molecule has 0 aromatic carbocycles. The van der Waals surface area contributed by atoms with Crippen LogP contribution in [-0.2, 0) is 6.54 Å². The zero-order valence-corrected chi connectivity index (χ0v) is 10.0. The predicted molar refractivity (Wildman–Crippen MR) is 60.3 cm³/mol. The topological polar surface area (TPSA) is 41.6 Å². The van der Waals surface area contributed by atoms with Gasteiger partial charge in [0.1, 0.15) is 0 Å². The number of hydrogen-bond acceptors (Lipinski definition) is 2. The summed E-state index contributed by atoms with van der Waals surface area (Å²) in [6, 6.07) is 4.40. The lowest BCUT2D eigenvalue weighted by Crippen LogP contribution is -2.10. The smallest absolute Gasteiger partial charge is 0.0683 e. The lowest BCUT2D eigenvalue weighted by Gasteiger charge is -2.14. The number of rotatable bonds is 4. The summed E-state index contributed by atoms with van der Waals surface area (Å²) in [5, 5.41) is 13.3. The molecule has 0 amide bonds. The van der Waals surface area contributed by atoms with Gasteiger partial charge in [-0.25, -0.2) is 0 Å². The summed E-state index contributed by atoms with van der Waals surface area (Å²) < 4.78 is 2.02. The molecule has 1 rings (SSSR count). The van der Waals surface area contributed by atoms with Gasteiger partial charge in [-0.1, -0.05) is 0 Å². The molecule has 0 aliphatic rings. The monoisotopic (exact) mass is 205 g/mol. The SMILES string of the molecule is Cc1cc(C)n(CCCC(C)(C)C#N)n1. The van der Waals surface area contributed by atoms with E-state index < -0.39 is 0 Å². The van der Waals surface area contributed by atoms with Crippen molar-refractivity contribution in [1.29, 1.82) is 5.26 Å². The number of nitriles is 1. The molecular weight excluding hydrogens is 186 g/mol. The highest BCUT2D eigenvalue weighted by Gasteiger charge is 2.15. The lowest BCUT2D eigenvalue weighted by atomic mass is 9.90. The molecule has 0 N–H and O–H groups in total. The molecule has 0 unspecified atom stereocenters. The van der Waals surface area contributed by atoms with Gasteiger partial charge in [-0.15, -0.1) is 0 Å². The van der Waals surface area contributed by atoms with Crippen molar-refractivity contribution in [3.63, 3.8) is 0 Å². The van der Waals surface area contributed by atoms with Crippen LogP contribution in [0, 0.1) is 30.6 Å². The van der Waals surface area contributed by atoms with E-state index >= 15 is 0 Å². The highest BCUT2D eigenvalue weighted by molar-refractivity contribution is 5.06. The third kappa shape index (κ3) is 3.39. The van der Waals surface area contributed by atoms with E-state index in [-0.39, 0.29) is 5.41 Å². The Morgan fingerprint density at radius 1 is 1.47 bits per heavy atom. The summed E-state index contributed by atoms with van der Waals surface area (Å²) in [6.45, 7) is 8.94. The van der Waals surface area contributed by atoms with Crippen LogP contribution >= 0.6 is 0 Å². The summed E-state index contributed by atoms with van der Waals surface area (Å²) in [7, 11) is 0. The molecule has 15 heavy (non-hydrogen) atoms. The van der Waals surface area contributed by atoms with E-state index in [1.165, 1.54) is 5.69 Å². The molecule has 0 spiro atoms. The zero-order chi connectivity index (χ0) is 11.5. The van der Waals surface area contributed by atoms with Gasteiger partial charge in [0.15, 0.2) is 0 Å². The van der Waals surface area contributed by atoms with Crippen LogP contribution in [0.5, 0.6) is 0 Å². The second kappa shape index (κ2) is 4.48. The van der Waals surface area contributed by atoms with Crippen LogP contribution in [0.25, 0.3) is 0 Å². The minimum absolute atomic E-state index is 0.212. The molecule has 0 saturated heterocycles. The molecule has 0 aliphatic heterocycles. The first-order valence-corrected chi connectivity index (χ1v) is 5.37. The normalized spacial score (nSPS) is 11.4. The Morgan fingerprint density at radius 2 is 2.13 bits per heavy atom. The van der Waals surface area contributed by atoms with Crippen molar-refractivity contribution < 1.29 is 0 Å². The van der Waals surface area contributed by atoms with E-state index in [1.54, 1.807) is 0 Å². The summed E-state index contributed by atoms with van der Waals surface area (Å²) in [6.07, 6.45) is 1.92. The van der Waals surface area contributed by atoms with Gasteiger partial charge in [0.25, 0.3) is 0 Å². The first-order chi connectivity index (χ1) is 6.94. The summed E-state index contributed by atoms with van der Waals surface area (Å²) in [4.78, 5) is 0. The molecule has 0 saturated carbocycles. The van der Waals surface area contributed by atoms with Crippen molar-refractivity contribution in [2.24, 2.45) is 5.41 Å². The van der Waals surface area contributed by atoms with Crippen LogP contribution in [0.3, 0.4) is 0 Å². The first kappa shape index (κ1) is 11.8. The molecule has 1 aromatic rings. The molecule has 0 atom stereocenters. The molecular formula is C12H19N3. The quantitative estimate of drug-likeness (QED) is 0.758. The van der Waals surface area contributed by atoms with Gasteiger partial charge >= 0.3 is 0 Å². The fourth-order valence-corrected chi connectivity index (χ4v) is 1.63. The van der Waals surface area contributed by atoms with E-state index in [0.717, 1.165) is 25.1 Å². The lowest BCUT2D eigenvalue weighted by molar-refractivity contribution is 0.404. The van der Waals surface area contributed by atoms with Gasteiger partial charge in [0.2, 0.25) is 0 Å². The van der Waals surface area contributed by atoms with E-state index in [2.05, 4.69) is 24.2 Å².